The Hall–Kier alpha value is -1.06. The summed E-state index contributed by atoms with van der Waals surface area (Å²) in [4.78, 5) is 14.5. The lowest BCUT2D eigenvalue weighted by Gasteiger charge is -2.38. The molecule has 1 aromatic rings. The first-order valence-corrected chi connectivity index (χ1v) is 7.67. The molecule has 0 aromatic heterocycles. The summed E-state index contributed by atoms with van der Waals surface area (Å²) >= 11 is 6.07. The molecule has 3 nitrogen and oxygen atoms in total. The highest BCUT2D eigenvalue weighted by atomic mass is 35.5. The van der Waals surface area contributed by atoms with Crippen LogP contribution in [0.5, 0.6) is 0 Å². The number of hydrogen-bond acceptors (Lipinski definition) is 2. The number of piperidine rings is 1. The molecule has 1 fully saturated rings. The quantitative estimate of drug-likeness (QED) is 0.918. The third-order valence-corrected chi connectivity index (χ3v) is 4.65. The molecule has 0 spiro atoms. The predicted octanol–water partition coefficient (Wildman–Crippen LogP) is 3.85. The van der Waals surface area contributed by atoms with Gasteiger partial charge in [0.1, 0.15) is 0 Å². The zero-order valence-corrected chi connectivity index (χ0v) is 13.2. The number of carbonyl (C=O) groups is 1. The van der Waals surface area contributed by atoms with Gasteiger partial charge in [0.2, 0.25) is 5.91 Å². The molecular weight excluding hydrogens is 272 g/mol. The highest BCUT2D eigenvalue weighted by Crippen LogP contribution is 2.24. The van der Waals surface area contributed by atoms with Crippen LogP contribution >= 0.6 is 11.6 Å². The Morgan fingerprint density at radius 1 is 1.35 bits per heavy atom. The summed E-state index contributed by atoms with van der Waals surface area (Å²) < 4.78 is 0. The van der Waals surface area contributed by atoms with E-state index in [0.29, 0.717) is 23.7 Å². The first kappa shape index (κ1) is 15.3. The second-order valence-electron chi connectivity index (χ2n) is 5.76. The van der Waals surface area contributed by atoms with Crippen LogP contribution in [0.2, 0.25) is 5.02 Å². The molecule has 1 aliphatic heterocycles. The van der Waals surface area contributed by atoms with Gasteiger partial charge in [-0.05, 0) is 51.3 Å². The minimum Gasteiger partial charge on any atom is -0.325 e. The fourth-order valence-corrected chi connectivity index (χ4v) is 3.06. The number of rotatable bonds is 3. The third kappa shape index (κ3) is 3.53. The van der Waals surface area contributed by atoms with Crippen LogP contribution < -0.4 is 5.32 Å². The highest BCUT2D eigenvalue weighted by Gasteiger charge is 2.26. The Bertz CT molecular complexity index is 479. The summed E-state index contributed by atoms with van der Waals surface area (Å²) in [6, 6.07) is 6.54. The van der Waals surface area contributed by atoms with Gasteiger partial charge in [-0.2, -0.15) is 0 Å². The van der Waals surface area contributed by atoms with E-state index in [9.17, 15) is 4.79 Å². The van der Waals surface area contributed by atoms with E-state index in [4.69, 9.17) is 11.6 Å². The summed E-state index contributed by atoms with van der Waals surface area (Å²) in [6.45, 7) is 6.78. The van der Waals surface area contributed by atoms with Crippen molar-refractivity contribution in [1.29, 1.82) is 0 Å². The van der Waals surface area contributed by atoms with Gasteiger partial charge in [0.25, 0.3) is 0 Å². The molecule has 2 unspecified atom stereocenters. The standard InChI is InChI=1S/C16H23ClN2O/c1-11-6-4-7-12(2)19(11)10-16(20)18-15-9-5-8-14(17)13(15)3/h5,8-9,11-12H,4,6-7,10H2,1-3H3,(H,18,20). The first-order chi connectivity index (χ1) is 9.49. The van der Waals surface area contributed by atoms with E-state index in [-0.39, 0.29) is 5.91 Å². The van der Waals surface area contributed by atoms with Crippen molar-refractivity contribution in [2.24, 2.45) is 0 Å². The van der Waals surface area contributed by atoms with Crippen LogP contribution in [0, 0.1) is 6.92 Å². The van der Waals surface area contributed by atoms with Crippen molar-refractivity contribution in [3.05, 3.63) is 28.8 Å². The van der Waals surface area contributed by atoms with Crippen molar-refractivity contribution >= 4 is 23.2 Å². The van der Waals surface area contributed by atoms with E-state index in [2.05, 4.69) is 24.1 Å². The smallest absolute Gasteiger partial charge is 0.238 e. The van der Waals surface area contributed by atoms with Crippen LogP contribution in [0.3, 0.4) is 0 Å². The van der Waals surface area contributed by atoms with E-state index in [1.165, 1.54) is 19.3 Å². The van der Waals surface area contributed by atoms with Crippen molar-refractivity contribution in [3.8, 4) is 0 Å². The molecule has 0 saturated carbocycles. The van der Waals surface area contributed by atoms with Crippen molar-refractivity contribution in [2.75, 3.05) is 11.9 Å². The molecule has 1 amide bonds. The Morgan fingerprint density at radius 2 is 2.00 bits per heavy atom. The average molecular weight is 295 g/mol. The van der Waals surface area contributed by atoms with E-state index in [0.717, 1.165) is 11.3 Å². The van der Waals surface area contributed by atoms with E-state index in [1.807, 2.05) is 25.1 Å². The Labute approximate surface area is 126 Å². The number of anilines is 1. The molecule has 0 aliphatic carbocycles. The van der Waals surface area contributed by atoms with Crippen LogP contribution in [-0.2, 0) is 4.79 Å². The van der Waals surface area contributed by atoms with Gasteiger partial charge in [-0.15, -0.1) is 0 Å². The topological polar surface area (TPSA) is 32.3 Å². The lowest BCUT2D eigenvalue weighted by Crippen LogP contribution is -2.47. The maximum atomic E-state index is 12.2. The summed E-state index contributed by atoms with van der Waals surface area (Å²) in [7, 11) is 0. The summed E-state index contributed by atoms with van der Waals surface area (Å²) in [5.41, 5.74) is 1.72. The number of nitrogens with one attached hydrogen (secondary N) is 1. The van der Waals surface area contributed by atoms with Crippen molar-refractivity contribution < 1.29 is 4.79 Å². The number of hydrogen-bond donors (Lipinski definition) is 1. The maximum absolute atomic E-state index is 12.2. The Balaban J connectivity index is 2.00. The first-order valence-electron chi connectivity index (χ1n) is 7.29. The van der Waals surface area contributed by atoms with Crippen LogP contribution in [0.25, 0.3) is 0 Å². The van der Waals surface area contributed by atoms with Gasteiger partial charge >= 0.3 is 0 Å². The Morgan fingerprint density at radius 3 is 2.65 bits per heavy atom. The van der Waals surface area contributed by atoms with Gasteiger partial charge in [-0.3, -0.25) is 9.69 Å². The van der Waals surface area contributed by atoms with Crippen LogP contribution in [0.1, 0.15) is 38.7 Å². The zero-order chi connectivity index (χ0) is 14.7. The molecule has 1 aliphatic rings. The van der Waals surface area contributed by atoms with Crippen LogP contribution in [-0.4, -0.2) is 29.4 Å². The van der Waals surface area contributed by atoms with Crippen molar-refractivity contribution in [1.82, 2.24) is 4.90 Å². The van der Waals surface area contributed by atoms with Gasteiger partial charge in [0, 0.05) is 22.8 Å². The predicted molar refractivity (Wildman–Crippen MR) is 84.3 cm³/mol. The monoisotopic (exact) mass is 294 g/mol. The second-order valence-corrected chi connectivity index (χ2v) is 6.17. The molecular formula is C16H23ClN2O. The van der Waals surface area contributed by atoms with Crippen LogP contribution in [0.4, 0.5) is 5.69 Å². The summed E-state index contributed by atoms with van der Waals surface area (Å²) in [5.74, 6) is 0.0379. The number of nitrogens with zero attached hydrogens (tertiary/aromatic N) is 1. The summed E-state index contributed by atoms with van der Waals surface area (Å²) in [5, 5.41) is 3.66. The van der Waals surface area contributed by atoms with Gasteiger partial charge in [0.05, 0.1) is 6.54 Å². The average Bonchev–Trinajstić information content (AvgIpc) is 2.39. The lowest BCUT2D eigenvalue weighted by atomic mass is 9.97. The molecule has 1 heterocycles. The largest absolute Gasteiger partial charge is 0.325 e. The normalized spacial score (nSPS) is 23.6. The molecule has 1 N–H and O–H groups in total. The van der Waals surface area contributed by atoms with Crippen molar-refractivity contribution in [2.45, 2.75) is 52.1 Å². The minimum absolute atomic E-state index is 0.0379. The van der Waals surface area contributed by atoms with Gasteiger partial charge in [0.15, 0.2) is 0 Å². The number of likely N-dealkylation sites (tertiary alicyclic amines) is 1. The SMILES string of the molecule is Cc1c(Cl)cccc1NC(=O)CN1C(C)CCCC1C. The number of halogens is 1. The fourth-order valence-electron chi connectivity index (χ4n) is 2.88. The number of amides is 1. The van der Waals surface area contributed by atoms with Gasteiger partial charge in [-0.1, -0.05) is 24.1 Å². The van der Waals surface area contributed by atoms with E-state index in [1.54, 1.807) is 0 Å². The fraction of sp³-hybridized carbons (Fsp3) is 0.562. The lowest BCUT2D eigenvalue weighted by molar-refractivity contribution is -0.118. The maximum Gasteiger partial charge on any atom is 0.238 e. The highest BCUT2D eigenvalue weighted by molar-refractivity contribution is 6.31. The van der Waals surface area contributed by atoms with Crippen LogP contribution in [0.15, 0.2) is 18.2 Å². The van der Waals surface area contributed by atoms with E-state index < -0.39 is 0 Å². The summed E-state index contributed by atoms with van der Waals surface area (Å²) in [6.07, 6.45) is 3.61. The van der Waals surface area contributed by atoms with Gasteiger partial charge in [-0.25, -0.2) is 0 Å². The molecule has 0 bridgehead atoms. The number of carbonyl (C=O) groups excluding carboxylic acids is 1. The second kappa shape index (κ2) is 6.59. The molecule has 110 valence electrons. The third-order valence-electron chi connectivity index (χ3n) is 4.24. The molecule has 2 atom stereocenters. The minimum atomic E-state index is 0.0379. The Kier molecular flexibility index (Phi) is 5.06. The zero-order valence-electron chi connectivity index (χ0n) is 12.4. The number of benzene rings is 1. The van der Waals surface area contributed by atoms with Crippen molar-refractivity contribution in [3.63, 3.8) is 0 Å². The molecule has 2 rings (SSSR count). The van der Waals surface area contributed by atoms with E-state index >= 15 is 0 Å². The molecule has 1 saturated heterocycles. The molecule has 20 heavy (non-hydrogen) atoms. The molecule has 1 aromatic carbocycles. The molecule has 0 radical (unpaired) electrons. The van der Waals surface area contributed by atoms with Gasteiger partial charge < -0.3 is 5.32 Å². The molecule has 4 heteroatoms.